The molecular weight excluding hydrogens is 310 g/mol. The number of nitrogens with two attached hydrogens (primary N) is 1. The molecule has 0 radical (unpaired) electrons. The summed E-state index contributed by atoms with van der Waals surface area (Å²) in [5.74, 6) is -0.141. The van der Waals surface area contributed by atoms with Gasteiger partial charge in [-0.15, -0.1) is 11.3 Å². The average Bonchev–Trinajstić information content (AvgIpc) is 2.84. The Kier molecular flexibility index (Phi) is 4.34. The first-order valence-corrected chi connectivity index (χ1v) is 8.45. The van der Waals surface area contributed by atoms with Gasteiger partial charge < -0.3 is 16.4 Å². The molecule has 0 fully saturated rings. The Labute approximate surface area is 138 Å². The van der Waals surface area contributed by atoms with Gasteiger partial charge in [0, 0.05) is 16.1 Å². The van der Waals surface area contributed by atoms with E-state index < -0.39 is 6.03 Å². The summed E-state index contributed by atoms with van der Waals surface area (Å²) in [6.07, 6.45) is 4.69. The number of hydrogen-bond acceptors (Lipinski definition) is 3. The predicted octanol–water partition coefficient (Wildman–Crippen LogP) is 3.68. The number of amides is 3. The van der Waals surface area contributed by atoms with Gasteiger partial charge in [0.2, 0.25) is 0 Å². The van der Waals surface area contributed by atoms with Gasteiger partial charge in [-0.2, -0.15) is 0 Å². The maximum absolute atomic E-state index is 12.4. The predicted molar refractivity (Wildman–Crippen MR) is 93.3 cm³/mol. The third-order valence-electron chi connectivity index (χ3n) is 4.08. The lowest BCUT2D eigenvalue weighted by Crippen LogP contribution is -2.19. The van der Waals surface area contributed by atoms with Crippen LogP contribution in [-0.4, -0.2) is 11.9 Å². The number of anilines is 2. The molecule has 0 aliphatic heterocycles. The number of carbonyl (C=O) groups is 2. The van der Waals surface area contributed by atoms with Crippen molar-refractivity contribution in [2.24, 2.45) is 5.73 Å². The number of fused-ring (bicyclic) bond motifs is 1. The van der Waals surface area contributed by atoms with E-state index in [9.17, 15) is 9.59 Å². The Hall–Kier alpha value is -2.34. The van der Waals surface area contributed by atoms with Crippen LogP contribution in [0.1, 0.15) is 39.2 Å². The summed E-state index contributed by atoms with van der Waals surface area (Å²) >= 11 is 1.69. The number of urea groups is 1. The van der Waals surface area contributed by atoms with Crippen molar-refractivity contribution in [3.8, 4) is 0 Å². The fourth-order valence-electron chi connectivity index (χ4n) is 2.87. The number of aryl methyl sites for hydroxylation is 1. The molecule has 0 saturated heterocycles. The topological polar surface area (TPSA) is 84.2 Å². The Morgan fingerprint density at radius 1 is 1.09 bits per heavy atom. The van der Waals surface area contributed by atoms with Crippen LogP contribution >= 0.6 is 11.3 Å². The van der Waals surface area contributed by atoms with Crippen LogP contribution in [0.3, 0.4) is 0 Å². The number of thiophene rings is 1. The number of benzene rings is 1. The molecular formula is C17H19N3O2S. The Bertz CT molecular complexity index is 750. The second-order valence-electron chi connectivity index (χ2n) is 5.69. The monoisotopic (exact) mass is 329 g/mol. The molecule has 1 aliphatic rings. The molecule has 1 aromatic heterocycles. The van der Waals surface area contributed by atoms with Gasteiger partial charge in [0.05, 0.1) is 5.00 Å². The van der Waals surface area contributed by atoms with E-state index in [0.717, 1.165) is 17.8 Å². The van der Waals surface area contributed by atoms with E-state index in [1.54, 1.807) is 35.6 Å². The molecule has 1 aromatic carbocycles. The van der Waals surface area contributed by atoms with Gasteiger partial charge in [-0.05, 0) is 68.0 Å². The highest BCUT2D eigenvalue weighted by Crippen LogP contribution is 2.37. The molecule has 1 heterocycles. The average molecular weight is 329 g/mol. The SMILES string of the molecule is Cc1c(NC(=O)c2ccc(NC(N)=O)cc2)sc2c1CCCC2. The minimum Gasteiger partial charge on any atom is -0.351 e. The standard InChI is InChI=1S/C17H19N3O2S/c1-10-13-4-2-3-5-14(13)23-16(10)20-15(21)11-6-8-12(9-7-11)19-17(18)22/h6-9H,2-5H2,1H3,(H,20,21)(H3,18,19,22). The van der Waals surface area contributed by atoms with Crippen LogP contribution in [0.15, 0.2) is 24.3 Å². The van der Waals surface area contributed by atoms with Crippen molar-refractivity contribution in [1.82, 2.24) is 0 Å². The highest BCUT2D eigenvalue weighted by Gasteiger charge is 2.19. The maximum atomic E-state index is 12.4. The molecule has 3 amide bonds. The van der Waals surface area contributed by atoms with E-state index in [1.807, 2.05) is 0 Å². The van der Waals surface area contributed by atoms with Crippen LogP contribution < -0.4 is 16.4 Å². The highest BCUT2D eigenvalue weighted by molar-refractivity contribution is 7.16. The second-order valence-corrected chi connectivity index (χ2v) is 6.79. The van der Waals surface area contributed by atoms with Gasteiger partial charge in [-0.25, -0.2) is 4.79 Å². The van der Waals surface area contributed by atoms with E-state index in [2.05, 4.69) is 17.6 Å². The molecule has 0 spiro atoms. The van der Waals surface area contributed by atoms with Crippen LogP contribution in [0.25, 0.3) is 0 Å². The van der Waals surface area contributed by atoms with Crippen molar-refractivity contribution in [3.63, 3.8) is 0 Å². The summed E-state index contributed by atoms with van der Waals surface area (Å²) in [6.45, 7) is 2.08. The van der Waals surface area contributed by atoms with E-state index in [1.165, 1.54) is 28.8 Å². The Morgan fingerprint density at radius 3 is 2.43 bits per heavy atom. The number of primary amides is 1. The summed E-state index contributed by atoms with van der Waals surface area (Å²) in [7, 11) is 0. The lowest BCUT2D eigenvalue weighted by Gasteiger charge is -2.10. The minimum atomic E-state index is -0.623. The summed E-state index contributed by atoms with van der Waals surface area (Å²) in [6, 6.07) is 6.03. The van der Waals surface area contributed by atoms with Gasteiger partial charge in [-0.3, -0.25) is 4.79 Å². The maximum Gasteiger partial charge on any atom is 0.316 e. The molecule has 0 bridgehead atoms. The Morgan fingerprint density at radius 2 is 1.78 bits per heavy atom. The van der Waals surface area contributed by atoms with Crippen LogP contribution in [0.5, 0.6) is 0 Å². The first-order valence-electron chi connectivity index (χ1n) is 7.63. The van der Waals surface area contributed by atoms with Gasteiger partial charge in [0.15, 0.2) is 0 Å². The lowest BCUT2D eigenvalue weighted by molar-refractivity contribution is 0.102. The number of nitrogens with one attached hydrogen (secondary N) is 2. The largest absolute Gasteiger partial charge is 0.351 e. The fraction of sp³-hybridized carbons (Fsp3) is 0.294. The normalized spacial score (nSPS) is 13.3. The first kappa shape index (κ1) is 15.6. The molecule has 2 aromatic rings. The number of carbonyl (C=O) groups excluding carboxylic acids is 2. The molecule has 3 rings (SSSR count). The van der Waals surface area contributed by atoms with Crippen LogP contribution in [0.2, 0.25) is 0 Å². The van der Waals surface area contributed by atoms with Gasteiger partial charge in [0.25, 0.3) is 5.91 Å². The molecule has 1 aliphatic carbocycles. The molecule has 0 atom stereocenters. The summed E-state index contributed by atoms with van der Waals surface area (Å²) in [4.78, 5) is 24.6. The van der Waals surface area contributed by atoms with E-state index in [4.69, 9.17) is 5.73 Å². The van der Waals surface area contributed by atoms with Crippen molar-refractivity contribution < 1.29 is 9.59 Å². The third-order valence-corrected chi connectivity index (χ3v) is 5.39. The molecule has 120 valence electrons. The van der Waals surface area contributed by atoms with Gasteiger partial charge in [-0.1, -0.05) is 0 Å². The summed E-state index contributed by atoms with van der Waals surface area (Å²) < 4.78 is 0. The smallest absolute Gasteiger partial charge is 0.316 e. The van der Waals surface area contributed by atoms with Crippen molar-refractivity contribution in [1.29, 1.82) is 0 Å². The summed E-state index contributed by atoms with van der Waals surface area (Å²) in [5.41, 5.74) is 8.79. The molecule has 0 unspecified atom stereocenters. The Balaban J connectivity index is 1.74. The number of rotatable bonds is 3. The molecule has 4 N–H and O–H groups in total. The van der Waals surface area contributed by atoms with Gasteiger partial charge >= 0.3 is 6.03 Å². The molecule has 0 saturated carbocycles. The van der Waals surface area contributed by atoms with Crippen LogP contribution in [-0.2, 0) is 12.8 Å². The highest BCUT2D eigenvalue weighted by atomic mass is 32.1. The second kappa shape index (κ2) is 6.42. The van der Waals surface area contributed by atoms with Gasteiger partial charge in [0.1, 0.15) is 0 Å². The van der Waals surface area contributed by atoms with Crippen LogP contribution in [0, 0.1) is 6.92 Å². The minimum absolute atomic E-state index is 0.141. The van der Waals surface area contributed by atoms with E-state index >= 15 is 0 Å². The quantitative estimate of drug-likeness (QED) is 0.802. The fourth-order valence-corrected chi connectivity index (χ4v) is 4.16. The van der Waals surface area contributed by atoms with Crippen molar-refractivity contribution in [2.75, 3.05) is 10.6 Å². The van der Waals surface area contributed by atoms with Crippen molar-refractivity contribution in [2.45, 2.75) is 32.6 Å². The third kappa shape index (κ3) is 3.37. The molecule has 23 heavy (non-hydrogen) atoms. The lowest BCUT2D eigenvalue weighted by atomic mass is 9.96. The van der Waals surface area contributed by atoms with Crippen molar-refractivity contribution >= 4 is 34.0 Å². The zero-order chi connectivity index (χ0) is 16.4. The van der Waals surface area contributed by atoms with Crippen LogP contribution in [0.4, 0.5) is 15.5 Å². The van der Waals surface area contributed by atoms with E-state index in [0.29, 0.717) is 11.3 Å². The van der Waals surface area contributed by atoms with Crippen molar-refractivity contribution in [3.05, 3.63) is 45.8 Å². The van der Waals surface area contributed by atoms with E-state index in [-0.39, 0.29) is 5.91 Å². The first-order chi connectivity index (χ1) is 11.0. The zero-order valence-corrected chi connectivity index (χ0v) is 13.8. The molecule has 6 heteroatoms. The zero-order valence-electron chi connectivity index (χ0n) is 12.9. The molecule has 5 nitrogen and oxygen atoms in total. The summed E-state index contributed by atoms with van der Waals surface area (Å²) in [5, 5.41) is 6.43. The number of hydrogen-bond donors (Lipinski definition) is 3.